The van der Waals surface area contributed by atoms with E-state index in [2.05, 4.69) is 15.0 Å². The van der Waals surface area contributed by atoms with Gasteiger partial charge in [0.25, 0.3) is 0 Å². The van der Waals surface area contributed by atoms with Gasteiger partial charge in [-0.25, -0.2) is 4.68 Å². The molecule has 0 aliphatic carbocycles. The van der Waals surface area contributed by atoms with Crippen LogP contribution in [0, 0.1) is 0 Å². The van der Waals surface area contributed by atoms with Crippen LogP contribution in [-0.2, 0) is 13.8 Å². The van der Waals surface area contributed by atoms with Crippen LogP contribution in [0.4, 0.5) is 0 Å². The van der Waals surface area contributed by atoms with E-state index in [4.69, 9.17) is 4.52 Å². The van der Waals surface area contributed by atoms with Gasteiger partial charge in [-0.1, -0.05) is 71.9 Å². The zero-order valence-corrected chi connectivity index (χ0v) is 19.1. The van der Waals surface area contributed by atoms with Gasteiger partial charge < -0.3 is 9.26 Å². The van der Waals surface area contributed by atoms with Gasteiger partial charge in [-0.2, -0.15) is 0 Å². The number of rotatable bonds is 4. The van der Waals surface area contributed by atoms with Crippen molar-refractivity contribution in [3.05, 3.63) is 97.2 Å². The average Bonchev–Trinajstić information content (AvgIpc) is 3.32. The Labute approximate surface area is 183 Å². The molecule has 162 valence electrons. The maximum atomic E-state index is 11.6. The molecule has 0 aliphatic heterocycles. The Kier molecular flexibility index (Phi) is 9.85. The third-order valence-electron chi connectivity index (χ3n) is 4.16. The SMILES string of the molecule is COC.COP(C)(=O)c1ccccc1.c1ccc(-c2cn(-c3ccccc3)nn2)cc1. The predicted octanol–water partition coefficient (Wildman–Crippen LogP) is 5.06. The Morgan fingerprint density at radius 1 is 0.774 bits per heavy atom. The molecule has 0 radical (unpaired) electrons. The summed E-state index contributed by atoms with van der Waals surface area (Å²) in [4.78, 5) is 0. The largest absolute Gasteiger partial charge is 0.388 e. The minimum Gasteiger partial charge on any atom is -0.388 e. The molecule has 0 aliphatic rings. The molecule has 0 fully saturated rings. The molecule has 4 rings (SSSR count). The summed E-state index contributed by atoms with van der Waals surface area (Å²) >= 11 is 0. The second-order valence-electron chi connectivity index (χ2n) is 6.52. The Morgan fingerprint density at radius 3 is 1.77 bits per heavy atom. The Balaban J connectivity index is 0.000000211. The lowest BCUT2D eigenvalue weighted by molar-refractivity contribution is 0.277. The fourth-order valence-corrected chi connectivity index (χ4v) is 3.44. The lowest BCUT2D eigenvalue weighted by atomic mass is 10.2. The zero-order chi connectivity index (χ0) is 22.5. The molecule has 31 heavy (non-hydrogen) atoms. The maximum Gasteiger partial charge on any atom is 0.228 e. The summed E-state index contributed by atoms with van der Waals surface area (Å²) in [7, 11) is 2.19. The highest BCUT2D eigenvalue weighted by atomic mass is 31.2. The van der Waals surface area contributed by atoms with Crippen molar-refractivity contribution in [2.75, 3.05) is 28.0 Å². The third kappa shape index (κ3) is 7.61. The molecule has 1 unspecified atom stereocenters. The number of hydrogen-bond acceptors (Lipinski definition) is 5. The van der Waals surface area contributed by atoms with Gasteiger partial charge in [-0.05, 0) is 24.3 Å². The molecule has 7 heteroatoms. The lowest BCUT2D eigenvalue weighted by Gasteiger charge is -2.09. The second kappa shape index (κ2) is 12.6. The molecule has 0 spiro atoms. The van der Waals surface area contributed by atoms with Crippen LogP contribution in [0.25, 0.3) is 16.9 Å². The van der Waals surface area contributed by atoms with Gasteiger partial charge in [-0.3, -0.25) is 4.57 Å². The molecule has 6 nitrogen and oxygen atoms in total. The lowest BCUT2D eigenvalue weighted by Crippen LogP contribution is -2.03. The smallest absolute Gasteiger partial charge is 0.228 e. The monoisotopic (exact) mass is 437 g/mol. The van der Waals surface area contributed by atoms with Crippen molar-refractivity contribution in [2.45, 2.75) is 0 Å². The van der Waals surface area contributed by atoms with Crippen LogP contribution in [0.15, 0.2) is 97.2 Å². The van der Waals surface area contributed by atoms with Gasteiger partial charge in [0, 0.05) is 38.9 Å². The number of aromatic nitrogens is 3. The van der Waals surface area contributed by atoms with Crippen LogP contribution in [-0.4, -0.2) is 43.0 Å². The summed E-state index contributed by atoms with van der Waals surface area (Å²) in [6, 6.07) is 29.2. The van der Waals surface area contributed by atoms with Crippen LogP contribution in [0.2, 0.25) is 0 Å². The number of nitrogens with zero attached hydrogens (tertiary/aromatic N) is 3. The van der Waals surface area contributed by atoms with Gasteiger partial charge >= 0.3 is 0 Å². The number of hydrogen-bond donors (Lipinski definition) is 0. The summed E-state index contributed by atoms with van der Waals surface area (Å²) < 4.78 is 22.5. The van der Waals surface area contributed by atoms with Crippen molar-refractivity contribution in [3.8, 4) is 16.9 Å². The quantitative estimate of drug-likeness (QED) is 0.418. The summed E-state index contributed by atoms with van der Waals surface area (Å²) in [6.45, 7) is 1.61. The van der Waals surface area contributed by atoms with Gasteiger partial charge in [0.05, 0.1) is 11.9 Å². The molecule has 4 aromatic rings. The summed E-state index contributed by atoms with van der Waals surface area (Å²) in [6.07, 6.45) is 1.94. The van der Waals surface area contributed by atoms with Crippen molar-refractivity contribution < 1.29 is 13.8 Å². The Bertz CT molecular complexity index is 1000. The number of ether oxygens (including phenoxy) is 1. The summed E-state index contributed by atoms with van der Waals surface area (Å²) in [5, 5.41) is 9.07. The molecular weight excluding hydrogens is 409 g/mol. The molecule has 0 saturated carbocycles. The first-order valence-corrected chi connectivity index (χ1v) is 11.7. The highest BCUT2D eigenvalue weighted by Gasteiger charge is 2.15. The summed E-state index contributed by atoms with van der Waals surface area (Å²) in [5.41, 5.74) is 2.98. The number of benzene rings is 3. The van der Waals surface area contributed by atoms with Gasteiger partial charge in [-0.15, -0.1) is 5.10 Å². The topological polar surface area (TPSA) is 66.2 Å². The molecule has 0 amide bonds. The third-order valence-corrected chi connectivity index (χ3v) is 6.09. The first-order chi connectivity index (χ1) is 15.0. The summed E-state index contributed by atoms with van der Waals surface area (Å²) in [5.74, 6) is 0. The number of para-hydroxylation sites is 1. The van der Waals surface area contributed by atoms with E-state index in [1.165, 1.54) is 7.11 Å². The van der Waals surface area contributed by atoms with Crippen molar-refractivity contribution in [1.29, 1.82) is 0 Å². The highest BCUT2D eigenvalue weighted by Crippen LogP contribution is 2.39. The van der Waals surface area contributed by atoms with Crippen LogP contribution < -0.4 is 5.30 Å². The first kappa shape index (κ1) is 24.2. The van der Waals surface area contributed by atoms with E-state index in [-0.39, 0.29) is 0 Å². The molecule has 1 aromatic heterocycles. The van der Waals surface area contributed by atoms with Crippen LogP contribution >= 0.6 is 7.37 Å². The predicted molar refractivity (Wildman–Crippen MR) is 126 cm³/mol. The molecular formula is C24H28N3O3P. The van der Waals surface area contributed by atoms with Crippen molar-refractivity contribution >= 4 is 12.7 Å². The van der Waals surface area contributed by atoms with Crippen LogP contribution in [0.5, 0.6) is 0 Å². The number of methoxy groups -OCH3 is 1. The van der Waals surface area contributed by atoms with E-state index in [1.807, 2.05) is 97.2 Å². The van der Waals surface area contributed by atoms with E-state index < -0.39 is 7.37 Å². The minimum atomic E-state index is -2.53. The molecule has 3 aromatic carbocycles. The van der Waals surface area contributed by atoms with E-state index in [0.717, 1.165) is 22.2 Å². The zero-order valence-electron chi connectivity index (χ0n) is 18.3. The molecule has 0 saturated heterocycles. The van der Waals surface area contributed by atoms with Crippen molar-refractivity contribution in [2.24, 2.45) is 0 Å². The highest BCUT2D eigenvalue weighted by molar-refractivity contribution is 7.66. The van der Waals surface area contributed by atoms with E-state index in [0.29, 0.717) is 0 Å². The van der Waals surface area contributed by atoms with Crippen LogP contribution in [0.1, 0.15) is 0 Å². The maximum absolute atomic E-state index is 11.6. The minimum absolute atomic E-state index is 0.766. The van der Waals surface area contributed by atoms with Gasteiger partial charge in [0.1, 0.15) is 5.69 Å². The van der Waals surface area contributed by atoms with Gasteiger partial charge in [0.15, 0.2) is 0 Å². The Morgan fingerprint density at radius 2 is 1.26 bits per heavy atom. The molecule has 1 heterocycles. The molecule has 1 atom stereocenters. The molecule has 0 N–H and O–H groups in total. The van der Waals surface area contributed by atoms with Crippen molar-refractivity contribution in [3.63, 3.8) is 0 Å². The fraction of sp³-hybridized carbons (Fsp3) is 0.167. The Hall–Kier alpha value is -3.05. The first-order valence-electron chi connectivity index (χ1n) is 9.64. The van der Waals surface area contributed by atoms with E-state index in [1.54, 1.807) is 25.6 Å². The van der Waals surface area contributed by atoms with Gasteiger partial charge in [0.2, 0.25) is 7.37 Å². The van der Waals surface area contributed by atoms with Crippen molar-refractivity contribution in [1.82, 2.24) is 15.0 Å². The normalized spacial score (nSPS) is 11.9. The van der Waals surface area contributed by atoms with Crippen LogP contribution in [0.3, 0.4) is 0 Å². The van der Waals surface area contributed by atoms with E-state index in [9.17, 15) is 4.57 Å². The standard InChI is InChI=1S/C14H11N3.C8H11O2P.C2H6O/c1-3-7-12(8-4-1)14-11-17(16-15-14)13-9-5-2-6-10-13;1-10-11(2,9)8-6-4-3-5-7-8;1-3-2/h1-11H;3-7H,1-2H3;1-2H3. The second-order valence-corrected chi connectivity index (χ2v) is 9.10. The average molecular weight is 437 g/mol. The van der Waals surface area contributed by atoms with E-state index >= 15 is 0 Å². The molecule has 0 bridgehead atoms. The fourth-order valence-electron chi connectivity index (χ4n) is 2.52.